The lowest BCUT2D eigenvalue weighted by Crippen LogP contribution is -2.48. The van der Waals surface area contributed by atoms with Crippen LogP contribution in [0.2, 0.25) is 0 Å². The Bertz CT molecular complexity index is 7230. The highest BCUT2D eigenvalue weighted by atomic mass is 19.4. The van der Waals surface area contributed by atoms with Crippen LogP contribution in [0, 0.1) is 5.92 Å². The maximum atomic E-state index is 13.1. The minimum atomic E-state index is -4.56. The molecule has 5 atom stereocenters. The third-order valence-corrected chi connectivity index (χ3v) is 24.1. The first-order valence-corrected chi connectivity index (χ1v) is 44.9. The molecule has 48 heteroatoms. The number of hydrogen-bond acceptors (Lipinski definition) is 31. The van der Waals surface area contributed by atoms with Crippen molar-refractivity contribution in [2.75, 3.05) is 103 Å². The second-order valence-corrected chi connectivity index (χ2v) is 33.9. The van der Waals surface area contributed by atoms with Gasteiger partial charge < -0.3 is 50.3 Å². The molecule has 18 aromatic rings. The molecule has 18 aromatic heterocycles. The number of aromatic amines is 3. The fourth-order valence-corrected chi connectivity index (χ4v) is 17.1. The molecular weight excluding hydrogens is 1820 g/mol. The number of piperazine rings is 1. The molecule has 0 aliphatic carbocycles. The van der Waals surface area contributed by atoms with Gasteiger partial charge in [-0.05, 0) is 100 Å². The number of pyridine rings is 2. The number of nitrogens with two attached hydrogens (primary N) is 2. The standard InChI is InChI=1S/2C19H17F3N8O.C19H19N9O.C18H20N6O.C17H18N6O/c2*1-11-8-29(9-15(31-11)12-4-26-27-5-12)18-23-3-2-13(28-18)14-6-25-17-7-24-16(10-30(14)17)19(20,21)22;1-13(29)26-6-8-27(9-7-26)17-3-4-20-19(24-17)16-10-22-18-11-21-15(12-28(16)18)14-2-5-23-25-14;1-12-4-3-7-23(10-12)16-6-2-5-13(22-16)15-8-21-17-9-20-14(18(19)25)11-24(15)17;18-17(24)13-11-23-14(9-20-16(23)10-19-13)12-5-4-6-15(21-12)22-7-2-1-3-8-22/h2*2-7,10-11,15H,8-9H2,1H3,(H,26,27);2-5,10-12H,6-9H2,1H3,(H,23,25);2,5-6,8-9,11-12H,3-4,7,10H2,1H3,(H2,19,25);4-6,9-11H,1-3,7-8H2,(H2,18,24). The number of fused-ring (bicyclic) bond motifs is 5. The highest BCUT2D eigenvalue weighted by Gasteiger charge is 2.37. The Labute approximate surface area is 791 Å². The third kappa shape index (κ3) is 20.5. The van der Waals surface area contributed by atoms with E-state index in [2.05, 4.69) is 127 Å². The number of aromatic nitrogens is 29. The summed E-state index contributed by atoms with van der Waals surface area (Å²) in [5.41, 5.74) is 20.9. The van der Waals surface area contributed by atoms with Gasteiger partial charge in [-0.3, -0.25) is 51.7 Å². The summed E-state index contributed by atoms with van der Waals surface area (Å²) in [7, 11) is 0. The average Bonchev–Trinajstić information content (AvgIpc) is 1.62. The lowest BCUT2D eigenvalue weighted by atomic mass is 10.0. The molecule has 716 valence electrons. The molecule has 5 saturated heterocycles. The number of halogens is 6. The number of morpholine rings is 2. The SMILES string of the molecule is CC(=O)N1CCN(c2ccnc(-c3cnc4cnc(-c5ccn[nH]5)cn34)n2)CC1.CC1CCCN(c2cccc(-c3cnc4cnc(C(N)=O)cn34)n2)C1.CC1CN(c2nccc(-c3cnc4cnc(C(F)(F)F)cn34)n2)CC(c2cn[nH]c2)O1.CC1CN(c2nccc(-c3cnc4cnc(C(F)(F)F)cn34)n2)CC(c2cn[nH]c2)O1.NC(=O)c1cn2c(-c3cccc(N4CCCCC4)n3)cnc2cn1. The van der Waals surface area contributed by atoms with Crippen molar-refractivity contribution < 1.29 is 50.2 Å². The number of alkyl halides is 6. The molecular formula is C92H91F6N37O5. The second kappa shape index (κ2) is 39.9. The zero-order valence-electron chi connectivity index (χ0n) is 75.7. The number of carbonyl (C=O) groups is 3. The van der Waals surface area contributed by atoms with E-state index in [4.69, 9.17) is 35.9 Å². The van der Waals surface area contributed by atoms with Crippen molar-refractivity contribution in [1.82, 2.24) is 147 Å². The van der Waals surface area contributed by atoms with Crippen molar-refractivity contribution in [3.05, 3.63) is 237 Å². The molecule has 0 bridgehead atoms. The van der Waals surface area contributed by atoms with Gasteiger partial charge in [0.25, 0.3) is 11.8 Å². The largest absolute Gasteiger partial charge is 0.434 e. The molecule has 5 aliphatic heterocycles. The van der Waals surface area contributed by atoms with E-state index < -0.39 is 35.6 Å². The first-order chi connectivity index (χ1) is 67.8. The van der Waals surface area contributed by atoms with Gasteiger partial charge in [-0.1, -0.05) is 19.1 Å². The third-order valence-electron chi connectivity index (χ3n) is 24.1. The first-order valence-electron chi connectivity index (χ1n) is 44.9. The predicted octanol–water partition coefficient (Wildman–Crippen LogP) is 11.0. The van der Waals surface area contributed by atoms with Crippen LogP contribution in [0.25, 0.3) is 96.7 Å². The minimum Gasteiger partial charge on any atom is -0.367 e. The normalized spacial score (nSPS) is 17.5. The van der Waals surface area contributed by atoms with Gasteiger partial charge in [0.1, 0.15) is 52.4 Å². The van der Waals surface area contributed by atoms with Crippen molar-refractivity contribution in [1.29, 1.82) is 0 Å². The van der Waals surface area contributed by atoms with Gasteiger partial charge >= 0.3 is 12.4 Å². The molecule has 3 amide bonds. The van der Waals surface area contributed by atoms with Gasteiger partial charge in [0.15, 0.2) is 45.4 Å². The van der Waals surface area contributed by atoms with E-state index in [-0.39, 0.29) is 41.7 Å². The molecule has 140 heavy (non-hydrogen) atoms. The quantitative estimate of drug-likeness (QED) is 0.0595. The fourth-order valence-electron chi connectivity index (χ4n) is 17.1. The Morgan fingerprint density at radius 1 is 0.386 bits per heavy atom. The van der Waals surface area contributed by atoms with Crippen LogP contribution in [-0.2, 0) is 26.6 Å². The molecule has 5 aliphatic rings. The summed E-state index contributed by atoms with van der Waals surface area (Å²) >= 11 is 0. The Morgan fingerprint density at radius 2 is 0.829 bits per heavy atom. The highest BCUT2D eigenvalue weighted by molar-refractivity contribution is 5.91. The summed E-state index contributed by atoms with van der Waals surface area (Å²) in [5.74, 6) is 3.97. The van der Waals surface area contributed by atoms with Gasteiger partial charge in [-0.25, -0.2) is 89.7 Å². The average molecular weight is 1910 g/mol. The van der Waals surface area contributed by atoms with Crippen LogP contribution in [0.4, 0.5) is 55.7 Å². The molecule has 0 radical (unpaired) electrons. The Balaban J connectivity index is 0.000000112. The van der Waals surface area contributed by atoms with Crippen LogP contribution in [0.15, 0.2) is 203 Å². The Morgan fingerprint density at radius 3 is 1.29 bits per heavy atom. The lowest BCUT2D eigenvalue weighted by Gasteiger charge is -2.36. The van der Waals surface area contributed by atoms with E-state index >= 15 is 0 Å². The van der Waals surface area contributed by atoms with Gasteiger partial charge in [-0.2, -0.15) is 41.6 Å². The van der Waals surface area contributed by atoms with E-state index in [0.29, 0.717) is 114 Å². The topological polar surface area (TPSA) is 481 Å². The molecule has 5 fully saturated rings. The number of anilines is 5. The van der Waals surface area contributed by atoms with Crippen molar-refractivity contribution in [3.63, 3.8) is 0 Å². The van der Waals surface area contributed by atoms with Crippen LogP contribution in [0.1, 0.15) is 115 Å². The van der Waals surface area contributed by atoms with Crippen LogP contribution in [-0.4, -0.2) is 256 Å². The van der Waals surface area contributed by atoms with Crippen LogP contribution in [0.3, 0.4) is 0 Å². The van der Waals surface area contributed by atoms with Gasteiger partial charge in [0.2, 0.25) is 17.8 Å². The zero-order chi connectivity index (χ0) is 96.9. The van der Waals surface area contributed by atoms with Gasteiger partial charge in [-0.15, -0.1) is 0 Å². The first kappa shape index (κ1) is 92.3. The van der Waals surface area contributed by atoms with E-state index in [1.54, 1.807) is 121 Å². The number of piperidine rings is 2. The number of nitrogens with one attached hydrogen (secondary N) is 3. The summed E-state index contributed by atoms with van der Waals surface area (Å²) in [6, 6.07) is 19.0. The maximum Gasteiger partial charge on any atom is 0.434 e. The molecule has 5 unspecified atom stereocenters. The van der Waals surface area contributed by atoms with Gasteiger partial charge in [0, 0.05) is 152 Å². The fraction of sp³-hybridized carbons (Fsp3) is 0.304. The summed E-state index contributed by atoms with van der Waals surface area (Å²) < 4.78 is 98.8. The molecule has 7 N–H and O–H groups in total. The van der Waals surface area contributed by atoms with Crippen molar-refractivity contribution in [2.45, 2.75) is 96.6 Å². The molecule has 23 heterocycles. The molecule has 23 rings (SSSR count). The number of rotatable bonds is 15. The number of primary amides is 2. The lowest BCUT2D eigenvalue weighted by molar-refractivity contribution is -0.142. The van der Waals surface area contributed by atoms with Crippen LogP contribution in [0.5, 0.6) is 0 Å². The van der Waals surface area contributed by atoms with Crippen molar-refractivity contribution in [3.8, 4) is 68.5 Å². The summed E-state index contributed by atoms with van der Waals surface area (Å²) in [5, 5.41) is 20.4. The van der Waals surface area contributed by atoms with Crippen LogP contribution < -0.4 is 36.0 Å². The Hall–Kier alpha value is -16.8. The van der Waals surface area contributed by atoms with Crippen molar-refractivity contribution in [2.24, 2.45) is 17.4 Å². The predicted molar refractivity (Wildman–Crippen MR) is 498 cm³/mol. The maximum absolute atomic E-state index is 13.1. The van der Waals surface area contributed by atoms with E-state index in [1.807, 2.05) is 87.7 Å². The molecule has 0 saturated carbocycles. The summed E-state index contributed by atoms with van der Waals surface area (Å²) in [4.78, 5) is 125. The van der Waals surface area contributed by atoms with E-state index in [9.17, 15) is 40.7 Å². The van der Waals surface area contributed by atoms with Gasteiger partial charge in [0.05, 0.1) is 151 Å². The van der Waals surface area contributed by atoms with Crippen LogP contribution >= 0.6 is 0 Å². The summed E-state index contributed by atoms with van der Waals surface area (Å²) in [6.07, 6.45) is 32.2. The number of hydrogen-bond donors (Lipinski definition) is 5. The number of imidazole rings is 5. The number of amides is 3. The summed E-state index contributed by atoms with van der Waals surface area (Å²) in [6.45, 7) is 17.0. The smallest absolute Gasteiger partial charge is 0.367 e. The van der Waals surface area contributed by atoms with E-state index in [0.717, 1.165) is 132 Å². The number of carbonyl (C=O) groups excluding carboxylic acids is 3. The number of H-pyrrole nitrogens is 3. The highest BCUT2D eigenvalue weighted by Crippen LogP contribution is 2.36. The monoisotopic (exact) mass is 1910 g/mol. The number of nitrogens with zero attached hydrogens (tertiary/aromatic N) is 32. The minimum absolute atomic E-state index is 0.0721. The molecule has 0 spiro atoms. The second-order valence-electron chi connectivity index (χ2n) is 33.9. The van der Waals surface area contributed by atoms with Crippen molar-refractivity contribution >= 4 is 75.3 Å². The number of ether oxygens (including phenoxy) is 2. The zero-order valence-corrected chi connectivity index (χ0v) is 75.7. The molecule has 0 aromatic carbocycles. The van der Waals surface area contributed by atoms with E-state index in [1.165, 1.54) is 59.5 Å². The Kier molecular flexibility index (Phi) is 26.3. The molecule has 42 nitrogen and oxygen atoms in total.